The van der Waals surface area contributed by atoms with Gasteiger partial charge in [-0.05, 0) is 25.3 Å². The van der Waals surface area contributed by atoms with E-state index in [4.69, 9.17) is 10.7 Å². The summed E-state index contributed by atoms with van der Waals surface area (Å²) >= 11 is 0. The van der Waals surface area contributed by atoms with E-state index in [9.17, 15) is 8.42 Å². The molecule has 62 valence electrons. The monoisotopic (exact) mass is 192 g/mol. The van der Waals surface area contributed by atoms with E-state index in [1.54, 1.807) is 13.0 Å². The highest BCUT2D eigenvalue weighted by Gasteiger charge is 2.16. The van der Waals surface area contributed by atoms with Gasteiger partial charge in [-0.2, -0.15) is 0 Å². The minimum atomic E-state index is -3.51. The maximum atomic E-state index is 10.9. The number of hydrogen-bond donors (Lipinski definition) is 0. The lowest BCUT2D eigenvalue weighted by Crippen LogP contribution is -1.99. The topological polar surface area (TPSA) is 34.1 Å². The highest BCUT2D eigenvalue weighted by Crippen LogP contribution is 2.25. The van der Waals surface area contributed by atoms with Gasteiger partial charge in [-0.15, -0.1) is 0 Å². The molecule has 0 aliphatic heterocycles. The Kier molecular flexibility index (Phi) is 2.40. The second-order valence-electron chi connectivity index (χ2n) is 2.47. The molecule has 0 atom stereocenters. The molecule has 2 nitrogen and oxygen atoms in total. The van der Waals surface area contributed by atoms with Gasteiger partial charge in [0, 0.05) is 10.7 Å². The second-order valence-corrected chi connectivity index (χ2v) is 5.01. The zero-order chi connectivity index (χ0) is 8.48. The van der Waals surface area contributed by atoms with Crippen LogP contribution in [0.15, 0.2) is 22.6 Å². The van der Waals surface area contributed by atoms with Gasteiger partial charge in [0.2, 0.25) is 0 Å². The number of hydrogen-bond acceptors (Lipinski definition) is 2. The van der Waals surface area contributed by atoms with Crippen LogP contribution in [0.5, 0.6) is 0 Å². The number of rotatable bonds is 1. The fourth-order valence-electron chi connectivity index (χ4n) is 1.07. The van der Waals surface area contributed by atoms with Crippen molar-refractivity contribution in [2.45, 2.75) is 19.8 Å². The van der Waals surface area contributed by atoms with Crippen molar-refractivity contribution in [3.05, 3.63) is 22.6 Å². The summed E-state index contributed by atoms with van der Waals surface area (Å²) in [6.07, 6.45) is 5.22. The molecule has 0 unspecified atom stereocenters. The Hall–Kier alpha value is -0.280. The zero-order valence-corrected chi connectivity index (χ0v) is 7.74. The smallest absolute Gasteiger partial charge is 0.207 e. The van der Waals surface area contributed by atoms with Crippen LogP contribution in [0.25, 0.3) is 0 Å². The van der Waals surface area contributed by atoms with E-state index in [-0.39, 0.29) is 4.91 Å². The first-order valence-electron chi connectivity index (χ1n) is 3.34. The molecule has 1 aliphatic carbocycles. The average Bonchev–Trinajstić information content (AvgIpc) is 1.86. The Morgan fingerprint density at radius 1 is 1.36 bits per heavy atom. The summed E-state index contributed by atoms with van der Waals surface area (Å²) < 4.78 is 21.7. The van der Waals surface area contributed by atoms with Crippen molar-refractivity contribution < 1.29 is 8.42 Å². The van der Waals surface area contributed by atoms with E-state index in [0.717, 1.165) is 18.4 Å². The highest BCUT2D eigenvalue weighted by atomic mass is 35.7. The van der Waals surface area contributed by atoms with E-state index in [1.807, 2.05) is 6.08 Å². The lowest BCUT2D eigenvalue weighted by molar-refractivity contribution is 0.615. The second kappa shape index (κ2) is 2.99. The quantitative estimate of drug-likeness (QED) is 0.597. The fourth-order valence-corrected chi connectivity index (χ4v) is 2.41. The SMILES string of the molecule is CC1=CCCC=C1S(=O)(=O)Cl. The highest BCUT2D eigenvalue weighted by molar-refractivity contribution is 8.17. The molecule has 0 N–H and O–H groups in total. The van der Waals surface area contributed by atoms with Crippen molar-refractivity contribution in [3.63, 3.8) is 0 Å². The summed E-state index contributed by atoms with van der Waals surface area (Å²) in [5.74, 6) is 0. The molecule has 0 saturated carbocycles. The number of allylic oxidation sites excluding steroid dienone is 3. The Morgan fingerprint density at radius 2 is 1.91 bits per heavy atom. The lowest BCUT2D eigenvalue weighted by atomic mass is 10.1. The van der Waals surface area contributed by atoms with Crippen LogP contribution in [0.1, 0.15) is 19.8 Å². The molecule has 0 aromatic carbocycles. The Bertz CT molecular complexity index is 311. The van der Waals surface area contributed by atoms with Crippen LogP contribution in [-0.2, 0) is 9.05 Å². The third-order valence-electron chi connectivity index (χ3n) is 1.60. The molecule has 4 heteroatoms. The largest absolute Gasteiger partial charge is 0.261 e. The van der Waals surface area contributed by atoms with Crippen molar-refractivity contribution in [3.8, 4) is 0 Å². The van der Waals surface area contributed by atoms with Crippen LogP contribution in [-0.4, -0.2) is 8.42 Å². The van der Waals surface area contributed by atoms with Gasteiger partial charge in [0.15, 0.2) is 0 Å². The molecule has 0 heterocycles. The molecule has 0 fully saturated rings. The molecule has 1 aliphatic rings. The minimum absolute atomic E-state index is 0.269. The Morgan fingerprint density at radius 3 is 2.27 bits per heavy atom. The molecular formula is C7H9ClO2S. The minimum Gasteiger partial charge on any atom is -0.207 e. The van der Waals surface area contributed by atoms with Crippen LogP contribution in [0, 0.1) is 0 Å². The van der Waals surface area contributed by atoms with Crippen LogP contribution in [0.3, 0.4) is 0 Å². The Balaban J connectivity index is 3.07. The van der Waals surface area contributed by atoms with E-state index in [1.165, 1.54) is 0 Å². The predicted octanol–water partition coefficient (Wildman–Crippen LogP) is 2.18. The summed E-state index contributed by atoms with van der Waals surface area (Å²) in [5.41, 5.74) is 0.756. The molecule has 0 saturated heterocycles. The van der Waals surface area contributed by atoms with Crippen molar-refractivity contribution in [2.24, 2.45) is 0 Å². The molecular weight excluding hydrogens is 184 g/mol. The summed E-state index contributed by atoms with van der Waals surface area (Å²) in [4.78, 5) is 0.269. The van der Waals surface area contributed by atoms with Gasteiger partial charge in [0.1, 0.15) is 0 Å². The van der Waals surface area contributed by atoms with Gasteiger partial charge < -0.3 is 0 Å². The molecule has 11 heavy (non-hydrogen) atoms. The van der Waals surface area contributed by atoms with Crippen LogP contribution in [0.2, 0.25) is 0 Å². The molecule has 0 bridgehead atoms. The lowest BCUT2D eigenvalue weighted by Gasteiger charge is -2.08. The molecule has 0 amide bonds. The normalized spacial score (nSPS) is 19.1. The zero-order valence-electron chi connectivity index (χ0n) is 6.17. The van der Waals surface area contributed by atoms with Crippen molar-refractivity contribution in [1.29, 1.82) is 0 Å². The maximum absolute atomic E-state index is 10.9. The molecule has 0 radical (unpaired) electrons. The van der Waals surface area contributed by atoms with Gasteiger partial charge in [0.05, 0.1) is 4.91 Å². The predicted molar refractivity (Wildman–Crippen MR) is 45.8 cm³/mol. The summed E-state index contributed by atoms with van der Waals surface area (Å²) in [6, 6.07) is 0. The third kappa shape index (κ3) is 2.07. The van der Waals surface area contributed by atoms with Gasteiger partial charge in [-0.3, -0.25) is 0 Å². The van der Waals surface area contributed by atoms with Crippen molar-refractivity contribution in [1.82, 2.24) is 0 Å². The van der Waals surface area contributed by atoms with Gasteiger partial charge in [-0.25, -0.2) is 8.42 Å². The summed E-state index contributed by atoms with van der Waals surface area (Å²) in [7, 11) is 1.66. The fraction of sp³-hybridized carbons (Fsp3) is 0.429. The first kappa shape index (κ1) is 8.81. The van der Waals surface area contributed by atoms with Crippen molar-refractivity contribution in [2.75, 3.05) is 0 Å². The Labute approximate surface area is 71.0 Å². The molecule has 0 spiro atoms. The van der Waals surface area contributed by atoms with Gasteiger partial charge >= 0.3 is 0 Å². The first-order valence-corrected chi connectivity index (χ1v) is 5.64. The standard InChI is InChI=1S/C7H9ClO2S/c1-6-4-2-3-5-7(6)11(8,9)10/h4-5H,2-3H2,1H3. The van der Waals surface area contributed by atoms with Gasteiger partial charge in [-0.1, -0.05) is 12.2 Å². The first-order chi connectivity index (χ1) is 5.02. The number of halogens is 1. The van der Waals surface area contributed by atoms with Crippen LogP contribution < -0.4 is 0 Å². The van der Waals surface area contributed by atoms with E-state index >= 15 is 0 Å². The average molecular weight is 193 g/mol. The van der Waals surface area contributed by atoms with Crippen LogP contribution >= 0.6 is 10.7 Å². The van der Waals surface area contributed by atoms with Crippen LogP contribution in [0.4, 0.5) is 0 Å². The summed E-state index contributed by atoms with van der Waals surface area (Å²) in [5, 5.41) is 0. The maximum Gasteiger partial charge on any atom is 0.261 e. The van der Waals surface area contributed by atoms with Crippen molar-refractivity contribution >= 4 is 19.7 Å². The molecule has 0 aromatic rings. The van der Waals surface area contributed by atoms with E-state index in [2.05, 4.69) is 0 Å². The molecule has 1 rings (SSSR count). The van der Waals surface area contributed by atoms with Gasteiger partial charge in [0.25, 0.3) is 9.05 Å². The summed E-state index contributed by atoms with van der Waals surface area (Å²) in [6.45, 7) is 1.75. The van der Waals surface area contributed by atoms with E-state index < -0.39 is 9.05 Å². The molecule has 0 aromatic heterocycles. The van der Waals surface area contributed by atoms with E-state index in [0.29, 0.717) is 0 Å². The third-order valence-corrected chi connectivity index (χ3v) is 3.11.